The first-order chi connectivity index (χ1) is 11.9. The number of pyridine rings is 1. The molecule has 0 radical (unpaired) electrons. The van der Waals surface area contributed by atoms with Crippen LogP contribution in [0.2, 0.25) is 0 Å². The van der Waals surface area contributed by atoms with Crippen molar-refractivity contribution in [2.24, 2.45) is 0 Å². The number of fused-ring (bicyclic) bond motifs is 1. The third-order valence-electron chi connectivity index (χ3n) is 4.14. The molecule has 1 aromatic carbocycles. The van der Waals surface area contributed by atoms with Crippen molar-refractivity contribution in [1.29, 1.82) is 0 Å². The molecule has 0 saturated heterocycles. The maximum atomic E-state index is 6.09. The summed E-state index contributed by atoms with van der Waals surface area (Å²) in [6.07, 6.45) is 2.55. The fourth-order valence-corrected chi connectivity index (χ4v) is 3.25. The van der Waals surface area contributed by atoms with Gasteiger partial charge in [-0.1, -0.05) is 0 Å². The molecule has 0 aliphatic carbocycles. The number of methoxy groups -OCH3 is 1. The van der Waals surface area contributed by atoms with Gasteiger partial charge in [-0.15, -0.1) is 0 Å². The van der Waals surface area contributed by atoms with Gasteiger partial charge in [0, 0.05) is 18.2 Å². The lowest BCUT2D eigenvalue weighted by Gasteiger charge is -2.38. The molecule has 0 spiro atoms. The number of hydrogen-bond donors (Lipinski definition) is 2. The Hall–Kier alpha value is -2.34. The van der Waals surface area contributed by atoms with Gasteiger partial charge in [-0.3, -0.25) is 0 Å². The third kappa shape index (κ3) is 4.20. The molecule has 0 unspecified atom stereocenters. The number of benzene rings is 1. The minimum Gasteiger partial charge on any atom is -0.497 e. The normalized spacial score (nSPS) is 17.8. The molecule has 0 bridgehead atoms. The van der Waals surface area contributed by atoms with Gasteiger partial charge in [0.15, 0.2) is 5.11 Å². The molecule has 1 aromatic heterocycles. The zero-order chi connectivity index (χ0) is 18.0. The molecule has 6 heteroatoms. The van der Waals surface area contributed by atoms with Crippen LogP contribution in [0.4, 0.5) is 5.82 Å². The highest BCUT2D eigenvalue weighted by Crippen LogP contribution is 2.41. The summed E-state index contributed by atoms with van der Waals surface area (Å²) >= 11 is 5.49. The number of thiocarbonyl (C=S) groups is 1. The summed E-state index contributed by atoms with van der Waals surface area (Å²) in [5, 5.41) is 7.09. The van der Waals surface area contributed by atoms with Crippen molar-refractivity contribution < 1.29 is 9.47 Å². The molecule has 0 amide bonds. The fraction of sp³-hybridized carbons (Fsp3) is 0.368. The maximum absolute atomic E-state index is 6.09. The third-order valence-corrected chi connectivity index (χ3v) is 4.36. The van der Waals surface area contributed by atoms with E-state index >= 15 is 0 Å². The highest BCUT2D eigenvalue weighted by molar-refractivity contribution is 7.80. The second-order valence-electron chi connectivity index (χ2n) is 6.84. The van der Waals surface area contributed by atoms with E-state index in [1.54, 1.807) is 13.3 Å². The van der Waals surface area contributed by atoms with Gasteiger partial charge >= 0.3 is 0 Å². The molecule has 1 aliphatic rings. The molecule has 25 heavy (non-hydrogen) atoms. The summed E-state index contributed by atoms with van der Waals surface area (Å²) in [6.45, 7) is 6.17. The van der Waals surface area contributed by atoms with Gasteiger partial charge in [0.05, 0.1) is 13.2 Å². The van der Waals surface area contributed by atoms with Crippen LogP contribution < -0.4 is 20.1 Å². The van der Waals surface area contributed by atoms with Crippen molar-refractivity contribution >= 4 is 23.1 Å². The Balaban J connectivity index is 1.80. The Morgan fingerprint density at radius 1 is 1.32 bits per heavy atom. The smallest absolute Gasteiger partial charge is 0.172 e. The zero-order valence-electron chi connectivity index (χ0n) is 14.9. The van der Waals surface area contributed by atoms with Gasteiger partial charge in [-0.2, -0.15) is 0 Å². The number of hydrogen-bond acceptors (Lipinski definition) is 4. The largest absolute Gasteiger partial charge is 0.497 e. The molecule has 3 rings (SSSR count). The molecule has 2 heterocycles. The van der Waals surface area contributed by atoms with Gasteiger partial charge in [0.25, 0.3) is 0 Å². The van der Waals surface area contributed by atoms with E-state index in [2.05, 4.69) is 29.5 Å². The summed E-state index contributed by atoms with van der Waals surface area (Å²) in [5.74, 6) is 2.38. The van der Waals surface area contributed by atoms with Crippen molar-refractivity contribution in [3.63, 3.8) is 0 Å². The highest BCUT2D eigenvalue weighted by atomic mass is 32.1. The van der Waals surface area contributed by atoms with Gasteiger partial charge in [-0.25, -0.2) is 4.98 Å². The van der Waals surface area contributed by atoms with E-state index in [1.165, 1.54) is 0 Å². The minimum absolute atomic E-state index is 0.0265. The first-order valence-electron chi connectivity index (χ1n) is 8.23. The van der Waals surface area contributed by atoms with Crippen LogP contribution in [-0.4, -0.2) is 22.8 Å². The number of aromatic nitrogens is 1. The molecule has 2 aromatic rings. The maximum Gasteiger partial charge on any atom is 0.172 e. The first kappa shape index (κ1) is 17.5. The number of anilines is 1. The number of nitrogens with zero attached hydrogens (tertiary/aromatic N) is 1. The van der Waals surface area contributed by atoms with Crippen molar-refractivity contribution in [2.75, 3.05) is 12.4 Å². The number of nitrogens with one attached hydrogen (secondary N) is 2. The predicted octanol–water partition coefficient (Wildman–Crippen LogP) is 3.99. The topological polar surface area (TPSA) is 55.4 Å². The molecule has 2 N–H and O–H groups in total. The van der Waals surface area contributed by atoms with Crippen molar-refractivity contribution in [1.82, 2.24) is 10.3 Å². The summed E-state index contributed by atoms with van der Waals surface area (Å²) in [7, 11) is 1.66. The summed E-state index contributed by atoms with van der Waals surface area (Å²) in [6, 6.07) is 9.78. The molecule has 1 aliphatic heterocycles. The van der Waals surface area contributed by atoms with E-state index in [0.29, 0.717) is 5.11 Å². The van der Waals surface area contributed by atoms with Crippen LogP contribution in [0.3, 0.4) is 0 Å². The first-order valence-corrected chi connectivity index (χ1v) is 8.64. The van der Waals surface area contributed by atoms with E-state index in [-0.39, 0.29) is 11.6 Å². The van der Waals surface area contributed by atoms with Crippen molar-refractivity contribution in [3.8, 4) is 11.5 Å². The minimum atomic E-state index is -0.281. The lowest BCUT2D eigenvalue weighted by Crippen LogP contribution is -2.42. The monoisotopic (exact) mass is 357 g/mol. The molecule has 5 nitrogen and oxygen atoms in total. The Morgan fingerprint density at radius 3 is 2.84 bits per heavy atom. The number of ether oxygens (including phenoxy) is 2. The van der Waals surface area contributed by atoms with E-state index < -0.39 is 0 Å². The van der Waals surface area contributed by atoms with Crippen LogP contribution >= 0.6 is 12.2 Å². The number of aryl methyl sites for hydroxylation is 1. The van der Waals surface area contributed by atoms with Gasteiger partial charge in [0.1, 0.15) is 22.9 Å². The van der Waals surface area contributed by atoms with Crippen molar-refractivity contribution in [3.05, 3.63) is 47.7 Å². The lowest BCUT2D eigenvalue weighted by molar-refractivity contribution is 0.0695. The van der Waals surface area contributed by atoms with Crippen LogP contribution in [0.15, 0.2) is 36.5 Å². The molecule has 0 fully saturated rings. The van der Waals surface area contributed by atoms with Crippen LogP contribution in [0.25, 0.3) is 0 Å². The second kappa shape index (κ2) is 6.88. The molecule has 132 valence electrons. The SMILES string of the molecule is COc1ccc2c(c1)[C@H](NC(=S)Nc1cc(C)ccn1)CC(C)(C)O2. The number of rotatable bonds is 3. The molecular weight excluding hydrogens is 334 g/mol. The van der Waals surface area contributed by atoms with E-state index in [4.69, 9.17) is 21.7 Å². The Labute approximate surface area is 153 Å². The van der Waals surface area contributed by atoms with Gasteiger partial charge in [-0.05, 0) is 68.9 Å². The molecule has 1 atom stereocenters. The van der Waals surface area contributed by atoms with Gasteiger partial charge in [0.2, 0.25) is 0 Å². The van der Waals surface area contributed by atoms with E-state index in [9.17, 15) is 0 Å². The lowest BCUT2D eigenvalue weighted by atomic mass is 9.89. The van der Waals surface area contributed by atoms with Gasteiger partial charge < -0.3 is 20.1 Å². The van der Waals surface area contributed by atoms with Crippen LogP contribution in [-0.2, 0) is 0 Å². The Kier molecular flexibility index (Phi) is 4.81. The predicted molar refractivity (Wildman–Crippen MR) is 103 cm³/mol. The van der Waals surface area contributed by atoms with E-state index in [1.807, 2.05) is 37.3 Å². The van der Waals surface area contributed by atoms with Crippen LogP contribution in [0.5, 0.6) is 11.5 Å². The standard InChI is InChI=1S/C19H23N3O2S/c1-12-7-8-20-17(9-12)22-18(25)21-15-11-19(2,3)24-16-6-5-13(23-4)10-14(15)16/h5-10,15H,11H2,1-4H3,(H2,20,21,22,25)/t15-/m1/s1. The second-order valence-corrected chi connectivity index (χ2v) is 7.25. The summed E-state index contributed by atoms with van der Waals surface area (Å²) in [5.41, 5.74) is 1.89. The zero-order valence-corrected chi connectivity index (χ0v) is 15.7. The van der Waals surface area contributed by atoms with E-state index in [0.717, 1.165) is 34.9 Å². The summed E-state index contributed by atoms with van der Waals surface area (Å²) in [4.78, 5) is 4.29. The van der Waals surface area contributed by atoms with Crippen LogP contribution in [0, 0.1) is 6.92 Å². The summed E-state index contributed by atoms with van der Waals surface area (Å²) < 4.78 is 11.4. The molecular formula is C19H23N3O2S. The Morgan fingerprint density at radius 2 is 2.12 bits per heavy atom. The fourth-order valence-electron chi connectivity index (χ4n) is 3.00. The van der Waals surface area contributed by atoms with Crippen LogP contribution in [0.1, 0.15) is 37.4 Å². The molecule has 0 saturated carbocycles. The highest BCUT2D eigenvalue weighted by Gasteiger charge is 2.34. The Bertz CT molecular complexity index is 792. The average Bonchev–Trinajstić information content (AvgIpc) is 2.53. The average molecular weight is 357 g/mol. The quantitative estimate of drug-likeness (QED) is 0.810. The van der Waals surface area contributed by atoms with Crippen molar-refractivity contribution in [2.45, 2.75) is 38.8 Å².